The zero-order chi connectivity index (χ0) is 19.3. The van der Waals surface area contributed by atoms with E-state index < -0.39 is 0 Å². The molecule has 0 saturated carbocycles. The number of likely N-dealkylation sites (tertiary alicyclic amines) is 1. The molecule has 3 heterocycles. The standard InChI is InChI=1S/C21H19ClN4O2/c22-15-8-9-19(25-13-15)28-16-5-3-12-26(14-16)21(27)18-7-2-1-6-17(18)20-23-10-4-11-24-20/h1-2,4,6-11,13,16H,3,5,12,14H2. The third-order valence-corrected chi connectivity index (χ3v) is 4.84. The van der Waals surface area contributed by atoms with Gasteiger partial charge in [-0.25, -0.2) is 15.0 Å². The fraction of sp³-hybridized carbons (Fsp3) is 0.238. The van der Waals surface area contributed by atoms with E-state index in [1.165, 1.54) is 0 Å². The first kappa shape index (κ1) is 18.4. The maximum Gasteiger partial charge on any atom is 0.254 e. The van der Waals surface area contributed by atoms with E-state index in [4.69, 9.17) is 16.3 Å². The van der Waals surface area contributed by atoms with Crippen molar-refractivity contribution >= 4 is 17.5 Å². The van der Waals surface area contributed by atoms with Crippen LogP contribution in [0.1, 0.15) is 23.2 Å². The van der Waals surface area contributed by atoms with E-state index in [1.54, 1.807) is 36.8 Å². The summed E-state index contributed by atoms with van der Waals surface area (Å²) >= 11 is 5.87. The van der Waals surface area contributed by atoms with Crippen LogP contribution in [0.25, 0.3) is 11.4 Å². The van der Waals surface area contributed by atoms with Crippen molar-refractivity contribution in [3.63, 3.8) is 0 Å². The van der Waals surface area contributed by atoms with Crippen LogP contribution in [-0.2, 0) is 0 Å². The average molecular weight is 395 g/mol. The molecule has 0 aliphatic carbocycles. The molecule has 28 heavy (non-hydrogen) atoms. The SMILES string of the molecule is O=C(c1ccccc1-c1ncccn1)N1CCCC(Oc2ccc(Cl)cn2)C1. The molecule has 1 aliphatic rings. The highest BCUT2D eigenvalue weighted by Crippen LogP contribution is 2.24. The van der Waals surface area contributed by atoms with E-state index >= 15 is 0 Å². The Bertz CT molecular complexity index is 950. The van der Waals surface area contributed by atoms with Crippen molar-refractivity contribution < 1.29 is 9.53 Å². The van der Waals surface area contributed by atoms with Crippen LogP contribution in [0.2, 0.25) is 5.02 Å². The summed E-state index contributed by atoms with van der Waals surface area (Å²) in [5, 5.41) is 0.563. The normalized spacial score (nSPS) is 16.6. The van der Waals surface area contributed by atoms with E-state index in [2.05, 4.69) is 15.0 Å². The van der Waals surface area contributed by atoms with Crippen molar-refractivity contribution in [2.45, 2.75) is 18.9 Å². The molecular weight excluding hydrogens is 376 g/mol. The highest BCUT2D eigenvalue weighted by molar-refractivity contribution is 6.30. The van der Waals surface area contributed by atoms with Crippen molar-refractivity contribution in [3.05, 3.63) is 71.6 Å². The van der Waals surface area contributed by atoms with Gasteiger partial charge < -0.3 is 9.64 Å². The van der Waals surface area contributed by atoms with Gasteiger partial charge in [-0.3, -0.25) is 4.79 Å². The second kappa shape index (κ2) is 8.35. The Kier molecular flexibility index (Phi) is 5.48. The molecule has 0 spiro atoms. The summed E-state index contributed by atoms with van der Waals surface area (Å²) in [5.74, 6) is 1.02. The summed E-state index contributed by atoms with van der Waals surface area (Å²) in [6.45, 7) is 1.20. The fourth-order valence-electron chi connectivity index (χ4n) is 3.29. The van der Waals surface area contributed by atoms with Gasteiger partial charge in [-0.2, -0.15) is 0 Å². The Morgan fingerprint density at radius 1 is 1.07 bits per heavy atom. The summed E-state index contributed by atoms with van der Waals surface area (Å²) in [6, 6.07) is 12.7. The van der Waals surface area contributed by atoms with Gasteiger partial charge in [0, 0.05) is 36.8 Å². The van der Waals surface area contributed by atoms with Crippen LogP contribution in [0.5, 0.6) is 5.88 Å². The maximum atomic E-state index is 13.2. The highest BCUT2D eigenvalue weighted by Gasteiger charge is 2.27. The zero-order valence-corrected chi connectivity index (χ0v) is 15.9. The molecule has 2 aromatic heterocycles. The van der Waals surface area contributed by atoms with Gasteiger partial charge in [0.2, 0.25) is 5.88 Å². The molecule has 1 aliphatic heterocycles. The molecule has 1 amide bonds. The maximum absolute atomic E-state index is 13.2. The van der Waals surface area contributed by atoms with Gasteiger partial charge in [-0.1, -0.05) is 29.8 Å². The fourth-order valence-corrected chi connectivity index (χ4v) is 3.41. The van der Waals surface area contributed by atoms with E-state index in [0.717, 1.165) is 18.4 Å². The third kappa shape index (κ3) is 4.12. The lowest BCUT2D eigenvalue weighted by atomic mass is 10.0. The van der Waals surface area contributed by atoms with Crippen molar-refractivity contribution in [2.24, 2.45) is 0 Å². The Morgan fingerprint density at radius 2 is 1.89 bits per heavy atom. The molecule has 4 rings (SSSR count). The predicted molar refractivity (Wildman–Crippen MR) is 106 cm³/mol. The Balaban J connectivity index is 1.51. The van der Waals surface area contributed by atoms with Gasteiger partial charge >= 0.3 is 0 Å². The van der Waals surface area contributed by atoms with Crippen LogP contribution in [0.4, 0.5) is 0 Å². The lowest BCUT2D eigenvalue weighted by molar-refractivity contribution is 0.0528. The molecule has 1 aromatic carbocycles. The van der Waals surface area contributed by atoms with Crippen LogP contribution in [0, 0.1) is 0 Å². The number of amides is 1. The molecule has 1 atom stereocenters. The Morgan fingerprint density at radius 3 is 2.68 bits per heavy atom. The summed E-state index contributed by atoms with van der Waals surface area (Å²) in [5.41, 5.74) is 1.33. The van der Waals surface area contributed by atoms with E-state index in [0.29, 0.717) is 35.4 Å². The summed E-state index contributed by atoms with van der Waals surface area (Å²) < 4.78 is 5.95. The van der Waals surface area contributed by atoms with Crippen molar-refractivity contribution in [3.8, 4) is 17.3 Å². The quantitative estimate of drug-likeness (QED) is 0.671. The first-order valence-corrected chi connectivity index (χ1v) is 9.52. The smallest absolute Gasteiger partial charge is 0.254 e. The van der Waals surface area contributed by atoms with Gasteiger partial charge in [0.25, 0.3) is 5.91 Å². The number of halogens is 1. The minimum absolute atomic E-state index is 0.0413. The molecule has 0 N–H and O–H groups in total. The van der Waals surface area contributed by atoms with Crippen LogP contribution in [0.15, 0.2) is 61.1 Å². The molecule has 3 aromatic rings. The molecule has 1 saturated heterocycles. The topological polar surface area (TPSA) is 68.2 Å². The highest BCUT2D eigenvalue weighted by atomic mass is 35.5. The molecule has 7 heteroatoms. The lowest BCUT2D eigenvalue weighted by Gasteiger charge is -2.33. The molecule has 142 valence electrons. The van der Waals surface area contributed by atoms with Crippen LogP contribution >= 0.6 is 11.6 Å². The number of nitrogens with zero attached hydrogens (tertiary/aromatic N) is 4. The van der Waals surface area contributed by atoms with Crippen molar-refractivity contribution in [1.29, 1.82) is 0 Å². The third-order valence-electron chi connectivity index (χ3n) is 4.62. The Labute approximate surface area is 168 Å². The number of hydrogen-bond donors (Lipinski definition) is 0. The molecule has 6 nitrogen and oxygen atoms in total. The van der Waals surface area contributed by atoms with Crippen molar-refractivity contribution in [2.75, 3.05) is 13.1 Å². The summed E-state index contributed by atoms with van der Waals surface area (Å²) in [7, 11) is 0. The first-order chi connectivity index (χ1) is 13.7. The number of pyridine rings is 1. The summed E-state index contributed by atoms with van der Waals surface area (Å²) in [6.07, 6.45) is 6.54. The van der Waals surface area contributed by atoms with E-state index in [1.807, 2.05) is 29.2 Å². The number of piperidine rings is 1. The first-order valence-electron chi connectivity index (χ1n) is 9.14. The Hall–Kier alpha value is -2.99. The number of carbonyl (C=O) groups excluding carboxylic acids is 1. The van der Waals surface area contributed by atoms with Gasteiger partial charge in [0.05, 0.1) is 17.1 Å². The minimum atomic E-state index is -0.105. The number of aromatic nitrogens is 3. The van der Waals surface area contributed by atoms with Gasteiger partial charge in [-0.15, -0.1) is 0 Å². The zero-order valence-electron chi connectivity index (χ0n) is 15.2. The van der Waals surface area contributed by atoms with Gasteiger partial charge in [-0.05, 0) is 31.0 Å². The van der Waals surface area contributed by atoms with Gasteiger partial charge in [0.1, 0.15) is 6.10 Å². The number of benzene rings is 1. The number of hydrogen-bond acceptors (Lipinski definition) is 5. The van der Waals surface area contributed by atoms with Crippen LogP contribution < -0.4 is 4.74 Å². The minimum Gasteiger partial charge on any atom is -0.472 e. The monoisotopic (exact) mass is 394 g/mol. The van der Waals surface area contributed by atoms with E-state index in [-0.39, 0.29) is 12.0 Å². The molecule has 1 unspecified atom stereocenters. The lowest BCUT2D eigenvalue weighted by Crippen LogP contribution is -2.44. The molecule has 0 bridgehead atoms. The average Bonchev–Trinajstić information content (AvgIpc) is 2.76. The van der Waals surface area contributed by atoms with Crippen LogP contribution in [0.3, 0.4) is 0 Å². The van der Waals surface area contributed by atoms with Gasteiger partial charge in [0.15, 0.2) is 5.82 Å². The molecular formula is C21H19ClN4O2. The van der Waals surface area contributed by atoms with Crippen molar-refractivity contribution in [1.82, 2.24) is 19.9 Å². The predicted octanol–water partition coefficient (Wildman–Crippen LogP) is 3.88. The second-order valence-electron chi connectivity index (χ2n) is 6.57. The number of rotatable bonds is 4. The largest absolute Gasteiger partial charge is 0.472 e. The second-order valence-corrected chi connectivity index (χ2v) is 7.00. The molecule has 1 fully saturated rings. The van der Waals surface area contributed by atoms with Crippen LogP contribution in [-0.4, -0.2) is 45.0 Å². The van der Waals surface area contributed by atoms with E-state index in [9.17, 15) is 4.79 Å². The molecule has 0 radical (unpaired) electrons. The summed E-state index contributed by atoms with van der Waals surface area (Å²) in [4.78, 5) is 27.8. The number of carbonyl (C=O) groups is 1. The number of ether oxygens (including phenoxy) is 1.